The molecular weight excluding hydrogens is 236 g/mol. The van der Waals surface area contributed by atoms with E-state index in [1.54, 1.807) is 0 Å². The van der Waals surface area contributed by atoms with Crippen LogP contribution in [0.25, 0.3) is 0 Å². The Morgan fingerprint density at radius 2 is 2.12 bits per heavy atom. The van der Waals surface area contributed by atoms with Crippen LogP contribution in [0.15, 0.2) is 40.8 Å². The number of hydrogen-bond donors (Lipinski definition) is 1. The van der Waals surface area contributed by atoms with Gasteiger partial charge in [0.25, 0.3) is 0 Å². The van der Waals surface area contributed by atoms with Gasteiger partial charge in [0.2, 0.25) is 0 Å². The quantitative estimate of drug-likeness (QED) is 0.896. The second-order valence-electron chi connectivity index (χ2n) is 4.01. The maximum absolute atomic E-state index is 10.0. The summed E-state index contributed by atoms with van der Waals surface area (Å²) < 4.78 is 5.51. The van der Waals surface area contributed by atoms with Crippen LogP contribution in [-0.4, -0.2) is 5.11 Å². The molecule has 0 saturated carbocycles. The fraction of sp³-hybridized carbons (Fsp3) is 0.286. The third kappa shape index (κ3) is 3.11. The van der Waals surface area contributed by atoms with E-state index in [1.165, 1.54) is 0 Å². The van der Waals surface area contributed by atoms with Crippen LogP contribution < -0.4 is 0 Å². The van der Waals surface area contributed by atoms with Crippen molar-refractivity contribution in [1.82, 2.24) is 0 Å². The zero-order chi connectivity index (χ0) is 12.3. The molecule has 0 aliphatic carbocycles. The van der Waals surface area contributed by atoms with Gasteiger partial charge in [-0.3, -0.25) is 0 Å². The van der Waals surface area contributed by atoms with E-state index >= 15 is 0 Å². The van der Waals surface area contributed by atoms with Crippen molar-refractivity contribution >= 4 is 11.6 Å². The molecule has 1 unspecified atom stereocenters. The molecule has 2 rings (SSSR count). The van der Waals surface area contributed by atoms with Crippen molar-refractivity contribution in [3.05, 3.63) is 58.5 Å². The molecule has 3 heteroatoms. The van der Waals surface area contributed by atoms with Crippen LogP contribution in [0.1, 0.15) is 30.1 Å². The van der Waals surface area contributed by atoms with E-state index in [0.717, 1.165) is 17.7 Å². The van der Waals surface area contributed by atoms with Crippen molar-refractivity contribution in [2.75, 3.05) is 0 Å². The molecule has 0 fully saturated rings. The van der Waals surface area contributed by atoms with E-state index in [4.69, 9.17) is 16.0 Å². The minimum absolute atomic E-state index is 0.511. The maximum Gasteiger partial charge on any atom is 0.133 e. The molecule has 0 aliphatic heterocycles. The monoisotopic (exact) mass is 250 g/mol. The molecule has 1 heterocycles. The molecule has 0 aliphatic rings. The zero-order valence-corrected chi connectivity index (χ0v) is 10.4. The van der Waals surface area contributed by atoms with Gasteiger partial charge in [-0.05, 0) is 29.8 Å². The Hall–Kier alpha value is -1.25. The summed E-state index contributed by atoms with van der Waals surface area (Å²) in [5.74, 6) is 1.51. The lowest BCUT2D eigenvalue weighted by molar-refractivity contribution is 0.148. The average Bonchev–Trinajstić information content (AvgIpc) is 2.77. The van der Waals surface area contributed by atoms with Gasteiger partial charge in [-0.25, -0.2) is 0 Å². The number of aliphatic hydroxyl groups is 1. The van der Waals surface area contributed by atoms with E-state index in [1.807, 2.05) is 43.3 Å². The standard InChI is InChI=1S/C14H15ClO2/c1-2-12-6-7-14(17-12)13(16)9-10-4-3-5-11(15)8-10/h3-8,13,16H,2,9H2,1H3. The van der Waals surface area contributed by atoms with Gasteiger partial charge < -0.3 is 9.52 Å². The Kier molecular flexibility index (Phi) is 3.87. The maximum atomic E-state index is 10.0. The van der Waals surface area contributed by atoms with Crippen molar-refractivity contribution < 1.29 is 9.52 Å². The lowest BCUT2D eigenvalue weighted by atomic mass is 10.1. The first kappa shape index (κ1) is 12.2. The highest BCUT2D eigenvalue weighted by molar-refractivity contribution is 6.30. The summed E-state index contributed by atoms with van der Waals surface area (Å²) in [5, 5.41) is 10.7. The highest BCUT2D eigenvalue weighted by Gasteiger charge is 2.12. The number of aryl methyl sites for hydroxylation is 1. The van der Waals surface area contributed by atoms with E-state index in [9.17, 15) is 5.11 Å². The smallest absolute Gasteiger partial charge is 0.133 e. The molecule has 90 valence electrons. The predicted octanol–water partition coefficient (Wildman–Crippen LogP) is 3.77. The Morgan fingerprint density at radius 3 is 2.76 bits per heavy atom. The summed E-state index contributed by atoms with van der Waals surface area (Å²) >= 11 is 5.90. The number of furan rings is 1. The number of aliphatic hydroxyl groups excluding tert-OH is 1. The van der Waals surface area contributed by atoms with Crippen LogP contribution in [-0.2, 0) is 12.8 Å². The topological polar surface area (TPSA) is 33.4 Å². The van der Waals surface area contributed by atoms with Crippen LogP contribution in [0.3, 0.4) is 0 Å². The lowest BCUT2D eigenvalue weighted by Gasteiger charge is -2.08. The highest BCUT2D eigenvalue weighted by atomic mass is 35.5. The first-order valence-corrected chi connectivity index (χ1v) is 6.08. The third-order valence-electron chi connectivity index (χ3n) is 2.68. The van der Waals surface area contributed by atoms with Crippen molar-refractivity contribution in [2.45, 2.75) is 25.9 Å². The fourth-order valence-corrected chi connectivity index (χ4v) is 1.96. The summed E-state index contributed by atoms with van der Waals surface area (Å²) in [6.45, 7) is 2.02. The molecule has 1 aromatic heterocycles. The Labute approximate surface area is 106 Å². The van der Waals surface area contributed by atoms with Gasteiger partial charge in [0.05, 0.1) is 0 Å². The molecular formula is C14H15ClO2. The minimum atomic E-state index is -0.617. The van der Waals surface area contributed by atoms with Crippen molar-refractivity contribution in [3.63, 3.8) is 0 Å². The van der Waals surface area contributed by atoms with Crippen molar-refractivity contribution in [3.8, 4) is 0 Å². The molecule has 0 amide bonds. The minimum Gasteiger partial charge on any atom is -0.463 e. The van der Waals surface area contributed by atoms with Gasteiger partial charge in [-0.2, -0.15) is 0 Å². The summed E-state index contributed by atoms with van der Waals surface area (Å²) in [6, 6.07) is 11.2. The fourth-order valence-electron chi connectivity index (χ4n) is 1.75. The van der Waals surface area contributed by atoms with Crippen LogP contribution in [0.5, 0.6) is 0 Å². The second-order valence-corrected chi connectivity index (χ2v) is 4.44. The molecule has 17 heavy (non-hydrogen) atoms. The van der Waals surface area contributed by atoms with Gasteiger partial charge in [0, 0.05) is 17.9 Å². The van der Waals surface area contributed by atoms with Gasteiger partial charge >= 0.3 is 0 Å². The molecule has 2 aromatic rings. The third-order valence-corrected chi connectivity index (χ3v) is 2.91. The largest absolute Gasteiger partial charge is 0.463 e. The molecule has 0 bridgehead atoms. The molecule has 0 spiro atoms. The molecule has 1 aromatic carbocycles. The number of halogens is 1. The van der Waals surface area contributed by atoms with Crippen LogP contribution in [0.4, 0.5) is 0 Å². The molecule has 1 N–H and O–H groups in total. The normalized spacial score (nSPS) is 12.6. The average molecular weight is 251 g/mol. The Balaban J connectivity index is 2.08. The van der Waals surface area contributed by atoms with Crippen molar-refractivity contribution in [2.24, 2.45) is 0 Å². The first-order valence-electron chi connectivity index (χ1n) is 5.70. The van der Waals surface area contributed by atoms with Gasteiger partial charge in [0.15, 0.2) is 0 Å². The van der Waals surface area contributed by atoms with Gasteiger partial charge in [0.1, 0.15) is 17.6 Å². The van der Waals surface area contributed by atoms with E-state index in [-0.39, 0.29) is 0 Å². The van der Waals surface area contributed by atoms with E-state index < -0.39 is 6.10 Å². The van der Waals surface area contributed by atoms with E-state index in [2.05, 4.69) is 0 Å². The Bertz CT molecular complexity index is 490. The number of benzene rings is 1. The summed E-state index contributed by atoms with van der Waals surface area (Å²) in [7, 11) is 0. The summed E-state index contributed by atoms with van der Waals surface area (Å²) in [4.78, 5) is 0. The second kappa shape index (κ2) is 5.39. The first-order chi connectivity index (χ1) is 8.19. The van der Waals surface area contributed by atoms with Gasteiger partial charge in [-0.15, -0.1) is 0 Å². The molecule has 0 saturated heterocycles. The van der Waals surface area contributed by atoms with Crippen molar-refractivity contribution in [1.29, 1.82) is 0 Å². The molecule has 0 radical (unpaired) electrons. The lowest BCUT2D eigenvalue weighted by Crippen LogP contribution is -2.00. The zero-order valence-electron chi connectivity index (χ0n) is 9.69. The van der Waals surface area contributed by atoms with E-state index in [0.29, 0.717) is 17.2 Å². The van der Waals surface area contributed by atoms with Gasteiger partial charge in [-0.1, -0.05) is 30.7 Å². The Morgan fingerprint density at radius 1 is 1.29 bits per heavy atom. The predicted molar refractivity (Wildman–Crippen MR) is 68.2 cm³/mol. The highest BCUT2D eigenvalue weighted by Crippen LogP contribution is 2.22. The summed E-state index contributed by atoms with van der Waals surface area (Å²) in [5.41, 5.74) is 0.999. The molecule has 2 nitrogen and oxygen atoms in total. The molecule has 1 atom stereocenters. The van der Waals surface area contributed by atoms with Crippen LogP contribution in [0, 0.1) is 0 Å². The summed E-state index contributed by atoms with van der Waals surface area (Å²) in [6.07, 6.45) is 0.731. The SMILES string of the molecule is CCc1ccc(C(O)Cc2cccc(Cl)c2)o1. The number of hydrogen-bond acceptors (Lipinski definition) is 2. The number of rotatable bonds is 4. The van der Waals surface area contributed by atoms with Crippen LogP contribution in [0.2, 0.25) is 5.02 Å². The van der Waals surface area contributed by atoms with Crippen LogP contribution >= 0.6 is 11.6 Å².